The number of hydrogen-bond donors (Lipinski definition) is 0. The largest absolute Gasteiger partial charge is 0.487 e. The number of aromatic nitrogens is 1. The Balaban J connectivity index is 1.75. The van der Waals surface area contributed by atoms with Gasteiger partial charge in [-0.25, -0.2) is 9.78 Å². The van der Waals surface area contributed by atoms with E-state index in [-0.39, 0.29) is 6.61 Å². The van der Waals surface area contributed by atoms with E-state index >= 15 is 0 Å². The summed E-state index contributed by atoms with van der Waals surface area (Å²) >= 11 is 7.61. The van der Waals surface area contributed by atoms with Crippen LogP contribution in [0.15, 0.2) is 77.8 Å². The molecule has 0 aliphatic rings. The van der Waals surface area contributed by atoms with Crippen molar-refractivity contribution in [2.75, 3.05) is 7.11 Å². The summed E-state index contributed by atoms with van der Waals surface area (Å²) in [5.74, 6) is 0.662. The highest BCUT2D eigenvalue weighted by Gasteiger charge is 2.24. The summed E-state index contributed by atoms with van der Waals surface area (Å²) in [6.45, 7) is 2.32. The van der Waals surface area contributed by atoms with Crippen molar-refractivity contribution in [3.8, 4) is 5.75 Å². The first-order valence-electron chi connectivity index (χ1n) is 10.1. The van der Waals surface area contributed by atoms with Gasteiger partial charge in [-0.05, 0) is 42.3 Å². The highest BCUT2D eigenvalue weighted by Crippen LogP contribution is 2.37. The number of pyridine rings is 1. The van der Waals surface area contributed by atoms with Gasteiger partial charge in [0.25, 0.3) is 0 Å². The highest BCUT2D eigenvalue weighted by atomic mass is 35.5. The fourth-order valence-electron chi connectivity index (χ4n) is 3.43. The molecule has 0 amide bonds. The first kappa shape index (κ1) is 22.2. The van der Waals surface area contributed by atoms with Crippen LogP contribution in [-0.4, -0.2) is 18.1 Å². The van der Waals surface area contributed by atoms with Crippen molar-refractivity contribution in [2.45, 2.75) is 24.3 Å². The number of carbonyl (C=O) groups excluding carboxylic acids is 1. The molecule has 0 saturated carbocycles. The Morgan fingerprint density at radius 2 is 1.78 bits per heavy atom. The van der Waals surface area contributed by atoms with E-state index in [0.717, 1.165) is 22.0 Å². The van der Waals surface area contributed by atoms with Crippen LogP contribution in [0.25, 0.3) is 10.9 Å². The Hall–Kier alpha value is -3.02. The number of ether oxygens (including phenoxy) is 2. The van der Waals surface area contributed by atoms with Gasteiger partial charge in [0, 0.05) is 16.2 Å². The number of thioether (sulfide) groups is 1. The number of benzene rings is 3. The predicted molar refractivity (Wildman–Crippen MR) is 130 cm³/mol. The summed E-state index contributed by atoms with van der Waals surface area (Å²) in [7, 11) is 1.37. The zero-order chi connectivity index (χ0) is 22.5. The minimum atomic E-state index is -0.476. The second-order valence-corrected chi connectivity index (χ2v) is 8.73. The monoisotopic (exact) mass is 463 g/mol. The molecular weight excluding hydrogens is 442 g/mol. The number of halogens is 1. The van der Waals surface area contributed by atoms with Crippen molar-refractivity contribution in [2.24, 2.45) is 0 Å². The lowest BCUT2D eigenvalue weighted by molar-refractivity contribution is 0.0590. The van der Waals surface area contributed by atoms with Gasteiger partial charge in [0.05, 0.1) is 12.6 Å². The van der Waals surface area contributed by atoms with Crippen molar-refractivity contribution in [1.82, 2.24) is 4.98 Å². The highest BCUT2D eigenvalue weighted by molar-refractivity contribution is 7.98. The van der Waals surface area contributed by atoms with E-state index in [1.54, 1.807) is 0 Å². The average Bonchev–Trinajstić information content (AvgIpc) is 2.80. The molecule has 4 rings (SSSR count). The van der Waals surface area contributed by atoms with Crippen LogP contribution >= 0.6 is 23.4 Å². The van der Waals surface area contributed by atoms with E-state index in [4.69, 9.17) is 26.1 Å². The van der Waals surface area contributed by atoms with Crippen LogP contribution in [0, 0.1) is 6.92 Å². The van der Waals surface area contributed by atoms with E-state index in [2.05, 4.69) is 25.1 Å². The lowest BCUT2D eigenvalue weighted by Crippen LogP contribution is -2.10. The minimum Gasteiger partial charge on any atom is -0.487 e. The van der Waals surface area contributed by atoms with Crippen molar-refractivity contribution < 1.29 is 14.3 Å². The molecule has 3 aromatic carbocycles. The fourth-order valence-corrected chi connectivity index (χ4v) is 4.61. The topological polar surface area (TPSA) is 48.4 Å². The van der Waals surface area contributed by atoms with Crippen LogP contribution in [0.5, 0.6) is 5.75 Å². The van der Waals surface area contributed by atoms with E-state index < -0.39 is 5.97 Å². The van der Waals surface area contributed by atoms with Gasteiger partial charge in [-0.1, -0.05) is 65.7 Å². The SMILES string of the molecule is COC(=O)c1c(SCc2cccc(C)c2)nc2ccccc2c1OCc1cccc(Cl)c1. The lowest BCUT2D eigenvalue weighted by Gasteiger charge is -2.16. The molecule has 0 N–H and O–H groups in total. The first-order chi connectivity index (χ1) is 15.5. The van der Waals surface area contributed by atoms with Crippen molar-refractivity contribution in [3.63, 3.8) is 0 Å². The summed E-state index contributed by atoms with van der Waals surface area (Å²) in [6, 6.07) is 23.4. The minimum absolute atomic E-state index is 0.264. The maximum absolute atomic E-state index is 12.9. The average molecular weight is 464 g/mol. The maximum atomic E-state index is 12.9. The third kappa shape index (κ3) is 5.06. The summed E-state index contributed by atoms with van der Waals surface area (Å²) in [5.41, 5.74) is 4.34. The Morgan fingerprint density at radius 3 is 2.56 bits per heavy atom. The molecule has 0 aliphatic carbocycles. The van der Waals surface area contributed by atoms with Crippen molar-refractivity contribution in [1.29, 1.82) is 0 Å². The molecule has 0 radical (unpaired) electrons. The molecule has 4 nitrogen and oxygen atoms in total. The molecule has 32 heavy (non-hydrogen) atoms. The van der Waals surface area contributed by atoms with Gasteiger partial charge >= 0.3 is 5.97 Å². The number of fused-ring (bicyclic) bond motifs is 1. The molecule has 0 atom stereocenters. The number of aryl methyl sites for hydroxylation is 1. The van der Waals surface area contributed by atoms with E-state index in [9.17, 15) is 4.79 Å². The van der Waals surface area contributed by atoms with Crippen molar-refractivity contribution >= 4 is 40.2 Å². The van der Waals surface area contributed by atoms with Crippen molar-refractivity contribution in [3.05, 3.63) is 100 Å². The van der Waals surface area contributed by atoms with Crippen LogP contribution < -0.4 is 4.74 Å². The third-order valence-electron chi connectivity index (χ3n) is 4.93. The van der Waals surface area contributed by atoms with Gasteiger partial charge in [-0.2, -0.15) is 0 Å². The number of hydrogen-bond acceptors (Lipinski definition) is 5. The summed E-state index contributed by atoms with van der Waals surface area (Å²) in [6.07, 6.45) is 0. The quantitative estimate of drug-likeness (QED) is 0.221. The van der Waals surface area contributed by atoms with Crippen LogP contribution in [0.2, 0.25) is 5.02 Å². The number of methoxy groups -OCH3 is 1. The van der Waals surface area contributed by atoms with Crippen LogP contribution in [0.4, 0.5) is 0 Å². The molecule has 0 aliphatic heterocycles. The molecule has 0 spiro atoms. The second-order valence-electron chi connectivity index (χ2n) is 7.33. The molecule has 0 saturated heterocycles. The van der Waals surface area contributed by atoms with Gasteiger partial charge in [0.2, 0.25) is 0 Å². The fraction of sp³-hybridized carbons (Fsp3) is 0.154. The molecule has 162 valence electrons. The number of carbonyl (C=O) groups is 1. The second kappa shape index (κ2) is 10.1. The summed E-state index contributed by atoms with van der Waals surface area (Å²) < 4.78 is 11.3. The molecule has 1 heterocycles. The smallest absolute Gasteiger partial charge is 0.344 e. The maximum Gasteiger partial charge on any atom is 0.344 e. The molecule has 0 fully saturated rings. The predicted octanol–water partition coefficient (Wildman–Crippen LogP) is 6.85. The van der Waals surface area contributed by atoms with E-state index in [1.807, 2.05) is 54.6 Å². The standard InChI is InChI=1S/C26H22ClNO3S/c1-17-7-5-9-19(13-17)16-32-25-23(26(29)30-2)24(21-11-3-4-12-22(21)28-25)31-15-18-8-6-10-20(27)14-18/h3-14H,15-16H2,1-2H3. The van der Waals surface area contributed by atoms with Crippen LogP contribution in [-0.2, 0) is 17.1 Å². The zero-order valence-corrected chi connectivity index (χ0v) is 19.4. The number of para-hydroxylation sites is 1. The Labute approximate surface area is 196 Å². The van der Waals surface area contributed by atoms with Gasteiger partial charge in [-0.15, -0.1) is 11.8 Å². The number of esters is 1. The van der Waals surface area contributed by atoms with Crippen LogP contribution in [0.3, 0.4) is 0 Å². The molecule has 6 heteroatoms. The van der Waals surface area contributed by atoms with Gasteiger partial charge < -0.3 is 9.47 Å². The Morgan fingerprint density at radius 1 is 1.00 bits per heavy atom. The Bertz CT molecular complexity index is 1280. The first-order valence-corrected chi connectivity index (χ1v) is 11.5. The van der Waals surface area contributed by atoms with Gasteiger partial charge in [-0.3, -0.25) is 0 Å². The van der Waals surface area contributed by atoms with Gasteiger partial charge in [0.1, 0.15) is 22.9 Å². The van der Waals surface area contributed by atoms with Gasteiger partial charge in [0.15, 0.2) is 0 Å². The number of nitrogens with zero attached hydrogens (tertiary/aromatic N) is 1. The summed E-state index contributed by atoms with van der Waals surface area (Å²) in [4.78, 5) is 17.6. The molecule has 4 aromatic rings. The molecule has 1 aromatic heterocycles. The lowest BCUT2D eigenvalue weighted by atomic mass is 10.1. The molecule has 0 unspecified atom stereocenters. The number of rotatable bonds is 7. The summed E-state index contributed by atoms with van der Waals surface area (Å²) in [5, 5.41) is 1.97. The normalized spacial score (nSPS) is 10.8. The third-order valence-corrected chi connectivity index (χ3v) is 6.21. The van der Waals surface area contributed by atoms with E-state index in [1.165, 1.54) is 24.4 Å². The molecule has 0 bridgehead atoms. The molecular formula is C26H22ClNO3S. The van der Waals surface area contributed by atoms with Crippen LogP contribution in [0.1, 0.15) is 27.0 Å². The Kier molecular flexibility index (Phi) is 6.98. The zero-order valence-electron chi connectivity index (χ0n) is 17.8. The van der Waals surface area contributed by atoms with E-state index in [0.29, 0.717) is 27.1 Å².